The summed E-state index contributed by atoms with van der Waals surface area (Å²) in [6, 6.07) is 30.8. The van der Waals surface area contributed by atoms with E-state index in [4.69, 9.17) is 9.47 Å². The zero-order valence-corrected chi connectivity index (χ0v) is 16.1. The lowest BCUT2D eigenvalue weighted by atomic mass is 9.80. The Kier molecular flexibility index (Phi) is 5.58. The Bertz CT molecular complexity index is 767. The summed E-state index contributed by atoms with van der Waals surface area (Å²) in [5.41, 5.74) is 2.37. The zero-order chi connectivity index (χ0) is 19.4. The van der Waals surface area contributed by atoms with Crippen molar-refractivity contribution in [3.63, 3.8) is 0 Å². The fourth-order valence-electron chi connectivity index (χ4n) is 3.96. The Labute approximate surface area is 166 Å². The van der Waals surface area contributed by atoms with Crippen molar-refractivity contribution in [2.45, 2.75) is 24.7 Å². The van der Waals surface area contributed by atoms with Crippen LogP contribution in [0.15, 0.2) is 91.0 Å². The number of aliphatic hydroxyl groups excluding tert-OH is 1. The molecule has 1 saturated heterocycles. The summed E-state index contributed by atoms with van der Waals surface area (Å²) in [6.45, 7) is 2.87. The normalized spacial score (nSPS) is 22.3. The highest BCUT2D eigenvalue weighted by Crippen LogP contribution is 2.41. The van der Waals surface area contributed by atoms with Crippen molar-refractivity contribution in [1.29, 1.82) is 0 Å². The standard InChI is InChI=1S/C25H26O3/c1-19-17-27-23(24(19)26)18-28-25(20-11-5-2-6-12-20,21-13-7-3-8-14-21)22-15-9-4-10-16-22/h2-16,19,23-24,26H,17-18H2,1H3/t19-,23-,24+/m1/s1. The smallest absolute Gasteiger partial charge is 0.143 e. The van der Waals surface area contributed by atoms with Crippen LogP contribution in [0.4, 0.5) is 0 Å². The lowest BCUT2D eigenvalue weighted by Gasteiger charge is -2.37. The Balaban J connectivity index is 1.81. The summed E-state index contributed by atoms with van der Waals surface area (Å²) in [6.07, 6.45) is -0.842. The van der Waals surface area contributed by atoms with E-state index in [9.17, 15) is 5.11 Å². The number of ether oxygens (including phenoxy) is 2. The minimum atomic E-state index is -0.779. The maximum atomic E-state index is 10.5. The van der Waals surface area contributed by atoms with Gasteiger partial charge in [-0.3, -0.25) is 0 Å². The van der Waals surface area contributed by atoms with E-state index < -0.39 is 11.7 Å². The molecular formula is C25H26O3. The van der Waals surface area contributed by atoms with Gasteiger partial charge in [-0.2, -0.15) is 0 Å². The molecular weight excluding hydrogens is 348 g/mol. The molecule has 28 heavy (non-hydrogen) atoms. The van der Waals surface area contributed by atoms with Gasteiger partial charge in [0.2, 0.25) is 0 Å². The molecule has 1 aliphatic heterocycles. The predicted octanol–water partition coefficient (Wildman–Crippen LogP) is 4.39. The molecule has 1 aliphatic rings. The van der Waals surface area contributed by atoms with Crippen LogP contribution in [0.3, 0.4) is 0 Å². The topological polar surface area (TPSA) is 38.7 Å². The van der Waals surface area contributed by atoms with Crippen molar-refractivity contribution in [3.8, 4) is 0 Å². The van der Waals surface area contributed by atoms with Crippen molar-refractivity contribution >= 4 is 0 Å². The SMILES string of the molecule is C[C@@H]1CO[C@H](COC(c2ccccc2)(c2ccccc2)c2ccccc2)[C@H]1O. The summed E-state index contributed by atoms with van der Waals surface area (Å²) in [7, 11) is 0. The molecule has 1 N–H and O–H groups in total. The molecule has 4 rings (SSSR count). The van der Waals surface area contributed by atoms with Gasteiger partial charge in [-0.05, 0) is 16.7 Å². The second kappa shape index (κ2) is 8.27. The average molecular weight is 374 g/mol. The molecule has 3 aromatic carbocycles. The molecule has 0 amide bonds. The number of hydrogen-bond donors (Lipinski definition) is 1. The first-order chi connectivity index (χ1) is 13.7. The molecule has 0 saturated carbocycles. The van der Waals surface area contributed by atoms with Crippen LogP contribution in [0.5, 0.6) is 0 Å². The van der Waals surface area contributed by atoms with Crippen LogP contribution in [0.25, 0.3) is 0 Å². The van der Waals surface area contributed by atoms with Crippen LogP contribution >= 0.6 is 0 Å². The first-order valence-electron chi connectivity index (χ1n) is 9.82. The van der Waals surface area contributed by atoms with Crippen LogP contribution in [-0.4, -0.2) is 30.5 Å². The number of aliphatic hydroxyl groups is 1. The van der Waals surface area contributed by atoms with Gasteiger partial charge in [-0.15, -0.1) is 0 Å². The Morgan fingerprint density at radius 1 is 0.821 bits per heavy atom. The summed E-state index contributed by atoms with van der Waals surface area (Å²) < 4.78 is 12.5. The van der Waals surface area contributed by atoms with Gasteiger partial charge < -0.3 is 14.6 Å². The van der Waals surface area contributed by atoms with E-state index in [2.05, 4.69) is 36.4 Å². The van der Waals surface area contributed by atoms with E-state index in [0.29, 0.717) is 13.2 Å². The molecule has 144 valence electrons. The van der Waals surface area contributed by atoms with E-state index in [-0.39, 0.29) is 12.0 Å². The van der Waals surface area contributed by atoms with E-state index in [1.165, 1.54) is 0 Å². The van der Waals surface area contributed by atoms with Crippen LogP contribution in [-0.2, 0) is 15.1 Å². The lowest BCUT2D eigenvalue weighted by molar-refractivity contribution is -0.0705. The molecule has 0 radical (unpaired) electrons. The first-order valence-corrected chi connectivity index (χ1v) is 9.82. The van der Waals surface area contributed by atoms with Gasteiger partial charge in [0.05, 0.1) is 19.3 Å². The molecule has 0 spiro atoms. The van der Waals surface area contributed by atoms with Gasteiger partial charge in [0.25, 0.3) is 0 Å². The molecule has 1 heterocycles. The fraction of sp³-hybridized carbons (Fsp3) is 0.280. The highest BCUT2D eigenvalue weighted by molar-refractivity contribution is 5.47. The lowest BCUT2D eigenvalue weighted by Crippen LogP contribution is -2.38. The van der Waals surface area contributed by atoms with Crippen molar-refractivity contribution in [3.05, 3.63) is 108 Å². The summed E-state index contributed by atoms with van der Waals surface area (Å²) >= 11 is 0. The molecule has 3 heteroatoms. The van der Waals surface area contributed by atoms with Crippen molar-refractivity contribution < 1.29 is 14.6 Å². The fourth-order valence-corrected chi connectivity index (χ4v) is 3.96. The summed E-state index contributed by atoms with van der Waals surface area (Å²) in [5, 5.41) is 10.5. The van der Waals surface area contributed by atoms with Crippen LogP contribution in [0.2, 0.25) is 0 Å². The third-order valence-corrected chi connectivity index (χ3v) is 5.54. The summed E-state index contributed by atoms with van der Waals surface area (Å²) in [4.78, 5) is 0. The van der Waals surface area contributed by atoms with Crippen molar-refractivity contribution in [1.82, 2.24) is 0 Å². The quantitative estimate of drug-likeness (QED) is 0.651. The van der Waals surface area contributed by atoms with Crippen molar-refractivity contribution in [2.24, 2.45) is 5.92 Å². The zero-order valence-electron chi connectivity index (χ0n) is 16.1. The number of hydrogen-bond acceptors (Lipinski definition) is 3. The second-order valence-corrected chi connectivity index (χ2v) is 7.43. The van der Waals surface area contributed by atoms with Crippen LogP contribution in [0.1, 0.15) is 23.6 Å². The average Bonchev–Trinajstić information content (AvgIpc) is 3.09. The molecule has 3 atom stereocenters. The maximum absolute atomic E-state index is 10.5. The minimum absolute atomic E-state index is 0.119. The molecule has 0 unspecified atom stereocenters. The van der Waals surface area contributed by atoms with Gasteiger partial charge in [0.15, 0.2) is 0 Å². The van der Waals surface area contributed by atoms with E-state index in [0.717, 1.165) is 16.7 Å². The van der Waals surface area contributed by atoms with Crippen LogP contribution in [0, 0.1) is 5.92 Å². The second-order valence-electron chi connectivity index (χ2n) is 7.43. The number of benzene rings is 3. The van der Waals surface area contributed by atoms with Gasteiger partial charge in [-0.25, -0.2) is 0 Å². The third-order valence-electron chi connectivity index (χ3n) is 5.54. The molecule has 3 aromatic rings. The monoisotopic (exact) mass is 374 g/mol. The van der Waals surface area contributed by atoms with E-state index in [1.807, 2.05) is 61.5 Å². The first kappa shape index (κ1) is 18.9. The molecule has 0 aromatic heterocycles. The molecule has 0 bridgehead atoms. The molecule has 3 nitrogen and oxygen atoms in total. The third kappa shape index (κ3) is 3.49. The van der Waals surface area contributed by atoms with Gasteiger partial charge in [-0.1, -0.05) is 97.9 Å². The van der Waals surface area contributed by atoms with E-state index in [1.54, 1.807) is 0 Å². The Morgan fingerprint density at radius 3 is 1.61 bits per heavy atom. The maximum Gasteiger partial charge on any atom is 0.143 e. The molecule has 0 aliphatic carbocycles. The highest BCUT2D eigenvalue weighted by atomic mass is 16.6. The summed E-state index contributed by atoms with van der Waals surface area (Å²) in [5.74, 6) is 0.119. The van der Waals surface area contributed by atoms with Crippen LogP contribution < -0.4 is 0 Å². The predicted molar refractivity (Wildman–Crippen MR) is 110 cm³/mol. The van der Waals surface area contributed by atoms with Crippen molar-refractivity contribution in [2.75, 3.05) is 13.2 Å². The minimum Gasteiger partial charge on any atom is -0.390 e. The van der Waals surface area contributed by atoms with E-state index >= 15 is 0 Å². The highest BCUT2D eigenvalue weighted by Gasteiger charge is 2.40. The van der Waals surface area contributed by atoms with Gasteiger partial charge in [0, 0.05) is 5.92 Å². The number of rotatable bonds is 6. The van der Waals surface area contributed by atoms with Gasteiger partial charge in [0.1, 0.15) is 11.7 Å². The van der Waals surface area contributed by atoms with Gasteiger partial charge >= 0.3 is 0 Å². The Hall–Kier alpha value is -2.46. The Morgan fingerprint density at radius 2 is 1.25 bits per heavy atom. The largest absolute Gasteiger partial charge is 0.390 e. The molecule has 1 fully saturated rings.